The lowest BCUT2D eigenvalue weighted by Crippen LogP contribution is -2.56. The van der Waals surface area contributed by atoms with Crippen molar-refractivity contribution in [3.8, 4) is 0 Å². The number of halogens is 4. The Kier molecular flexibility index (Phi) is 11.4. The van der Waals surface area contributed by atoms with Crippen molar-refractivity contribution in [3.05, 3.63) is 31.5 Å². The zero-order valence-electron chi connectivity index (χ0n) is 14.5. The van der Waals surface area contributed by atoms with E-state index in [9.17, 15) is 19.2 Å². The molecule has 0 saturated carbocycles. The van der Waals surface area contributed by atoms with Crippen molar-refractivity contribution in [3.63, 3.8) is 0 Å². The number of carboxylic acids is 1. The van der Waals surface area contributed by atoms with Gasteiger partial charge < -0.3 is 5.11 Å². The molecule has 1 N–H and O–H groups in total. The first-order chi connectivity index (χ1) is 12.7. The van der Waals surface area contributed by atoms with E-state index in [2.05, 4.69) is 63.7 Å². The third-order valence-electron chi connectivity index (χ3n) is 3.75. The Hall–Kier alpha value is -0.200. The second-order valence-corrected chi connectivity index (χ2v) is 9.81. The molecule has 0 aliphatic rings. The van der Waals surface area contributed by atoms with E-state index in [-0.39, 0.29) is 35.7 Å². The average Bonchev–Trinajstić information content (AvgIpc) is 2.63. The molecule has 0 amide bonds. The summed E-state index contributed by atoms with van der Waals surface area (Å²) in [7, 11) is 0. The minimum atomic E-state index is -0.876. The highest BCUT2D eigenvalue weighted by atomic mass is 79.9. The molecular formula is C15H21Br4N3O5. The molecule has 8 nitrogen and oxygen atoms in total. The van der Waals surface area contributed by atoms with Crippen molar-refractivity contribution in [1.29, 1.82) is 0 Å². The van der Waals surface area contributed by atoms with E-state index < -0.39 is 23.0 Å². The lowest BCUT2D eigenvalue weighted by molar-refractivity contribution is -0.137. The molecule has 0 spiro atoms. The van der Waals surface area contributed by atoms with E-state index in [1.165, 1.54) is 0 Å². The van der Waals surface area contributed by atoms with E-state index >= 15 is 0 Å². The van der Waals surface area contributed by atoms with E-state index in [0.29, 0.717) is 29.9 Å². The Bertz CT molecular complexity index is 754. The first-order valence-corrected chi connectivity index (χ1v) is 12.4. The van der Waals surface area contributed by atoms with Gasteiger partial charge in [-0.15, -0.1) is 0 Å². The smallest absolute Gasteiger partial charge is 0.336 e. The fourth-order valence-electron chi connectivity index (χ4n) is 2.40. The molecular weight excluding hydrogens is 622 g/mol. The lowest BCUT2D eigenvalue weighted by atomic mass is 10.2. The van der Waals surface area contributed by atoms with Crippen LogP contribution in [-0.4, -0.2) is 45.1 Å². The highest BCUT2D eigenvalue weighted by Gasteiger charge is 2.19. The Balaban J connectivity index is 3.22. The van der Waals surface area contributed by atoms with Gasteiger partial charge in [0, 0.05) is 46.4 Å². The molecule has 27 heavy (non-hydrogen) atoms. The highest BCUT2D eigenvalue weighted by molar-refractivity contribution is 9.12. The van der Waals surface area contributed by atoms with Crippen LogP contribution in [0.4, 0.5) is 0 Å². The van der Waals surface area contributed by atoms with Crippen LogP contribution in [0.1, 0.15) is 25.7 Å². The zero-order chi connectivity index (χ0) is 20.6. The number of alkyl halides is 4. The Morgan fingerprint density at radius 1 is 0.815 bits per heavy atom. The van der Waals surface area contributed by atoms with E-state index in [1.54, 1.807) is 0 Å². The summed E-state index contributed by atoms with van der Waals surface area (Å²) in [6.45, 7) is 0.396. The molecule has 12 heteroatoms. The molecule has 2 unspecified atom stereocenters. The molecule has 0 aromatic carbocycles. The number of nitrogens with zero attached hydrogens (tertiary/aromatic N) is 3. The monoisotopic (exact) mass is 639 g/mol. The maximum absolute atomic E-state index is 12.7. The van der Waals surface area contributed by atoms with E-state index in [4.69, 9.17) is 5.11 Å². The van der Waals surface area contributed by atoms with E-state index in [1.807, 2.05) is 0 Å². The molecule has 0 radical (unpaired) electrons. The molecule has 0 fully saturated rings. The van der Waals surface area contributed by atoms with Crippen LogP contribution < -0.4 is 17.1 Å². The first kappa shape index (κ1) is 24.8. The molecule has 1 heterocycles. The van der Waals surface area contributed by atoms with Crippen LogP contribution in [0.5, 0.6) is 0 Å². The summed E-state index contributed by atoms with van der Waals surface area (Å²) in [6.07, 6.45) is 1.57. The van der Waals surface area contributed by atoms with E-state index in [0.717, 1.165) is 13.7 Å². The predicted octanol–water partition coefficient (Wildman–Crippen LogP) is 2.13. The van der Waals surface area contributed by atoms with Crippen LogP contribution in [-0.2, 0) is 24.4 Å². The van der Waals surface area contributed by atoms with Gasteiger partial charge in [0.2, 0.25) is 0 Å². The first-order valence-electron chi connectivity index (χ1n) is 8.29. The van der Waals surface area contributed by atoms with Gasteiger partial charge in [-0.3, -0.25) is 4.79 Å². The molecule has 2 atom stereocenters. The number of hydrogen-bond acceptors (Lipinski definition) is 4. The highest BCUT2D eigenvalue weighted by Crippen LogP contribution is 2.06. The van der Waals surface area contributed by atoms with Crippen LogP contribution in [0.3, 0.4) is 0 Å². The van der Waals surface area contributed by atoms with Gasteiger partial charge in [0.1, 0.15) is 0 Å². The van der Waals surface area contributed by atoms with Gasteiger partial charge in [-0.25, -0.2) is 28.1 Å². The van der Waals surface area contributed by atoms with Crippen LogP contribution in [0.2, 0.25) is 0 Å². The maximum atomic E-state index is 12.7. The number of aliphatic carboxylic acids is 1. The quantitative estimate of drug-likeness (QED) is 0.278. The van der Waals surface area contributed by atoms with Crippen molar-refractivity contribution >= 4 is 69.7 Å². The van der Waals surface area contributed by atoms with Gasteiger partial charge >= 0.3 is 23.0 Å². The summed E-state index contributed by atoms with van der Waals surface area (Å²) >= 11 is 13.4. The molecule has 0 aliphatic heterocycles. The molecule has 0 bridgehead atoms. The molecule has 0 aliphatic carbocycles. The Morgan fingerprint density at radius 2 is 1.26 bits per heavy atom. The minimum absolute atomic E-state index is 0.0473. The number of rotatable bonds is 12. The van der Waals surface area contributed by atoms with Gasteiger partial charge in [-0.1, -0.05) is 70.1 Å². The summed E-state index contributed by atoms with van der Waals surface area (Å²) in [6, 6.07) is 0. The second kappa shape index (κ2) is 12.4. The summed E-state index contributed by atoms with van der Waals surface area (Å²) < 4.78 is 3.19. The van der Waals surface area contributed by atoms with Gasteiger partial charge in [0.15, 0.2) is 0 Å². The molecule has 1 rings (SSSR count). The zero-order valence-corrected chi connectivity index (χ0v) is 20.8. The summed E-state index contributed by atoms with van der Waals surface area (Å²) in [5, 5.41) is 9.75. The second-order valence-electron chi connectivity index (χ2n) is 5.93. The lowest BCUT2D eigenvalue weighted by Gasteiger charge is -2.16. The summed E-state index contributed by atoms with van der Waals surface area (Å²) in [5.41, 5.74) is -1.92. The average molecular weight is 643 g/mol. The molecule has 1 aromatic rings. The fraction of sp³-hybridized carbons (Fsp3) is 0.733. The largest absolute Gasteiger partial charge is 0.481 e. The van der Waals surface area contributed by atoms with Gasteiger partial charge in [-0.05, 0) is 12.8 Å². The third-order valence-corrected chi connectivity index (χ3v) is 8.28. The Morgan fingerprint density at radius 3 is 1.67 bits per heavy atom. The van der Waals surface area contributed by atoms with Crippen LogP contribution in [0, 0.1) is 0 Å². The molecule has 0 saturated heterocycles. The number of hydrogen-bond donors (Lipinski definition) is 1. The normalized spacial score (nSPS) is 13.5. The minimum Gasteiger partial charge on any atom is -0.481 e. The number of carbonyl (C=O) groups is 1. The fourth-order valence-corrected chi connectivity index (χ4v) is 3.39. The van der Waals surface area contributed by atoms with Crippen molar-refractivity contribution in [2.75, 3.05) is 10.7 Å². The molecule has 1 aromatic heterocycles. The standard InChI is InChI=1S/C15H21Br4N3O5/c16-6-10(18)8-21-13(25)20(5-3-1-2-4-12(23)24)14(26)22(15(21)27)9-11(19)7-17/h10-11H,1-9H2,(H,23,24). The third kappa shape index (κ3) is 7.62. The van der Waals surface area contributed by atoms with Gasteiger partial charge in [0.05, 0.1) is 0 Å². The van der Waals surface area contributed by atoms with Crippen molar-refractivity contribution in [2.45, 2.75) is 55.0 Å². The van der Waals surface area contributed by atoms with Gasteiger partial charge in [0.25, 0.3) is 0 Å². The van der Waals surface area contributed by atoms with Crippen LogP contribution >= 0.6 is 63.7 Å². The van der Waals surface area contributed by atoms with Crippen LogP contribution in [0.25, 0.3) is 0 Å². The summed E-state index contributed by atoms with van der Waals surface area (Å²) in [5.74, 6) is -0.876. The number of carboxylic acid groups (broad SMARTS) is 1. The van der Waals surface area contributed by atoms with Crippen LogP contribution in [0.15, 0.2) is 14.4 Å². The number of unbranched alkanes of at least 4 members (excludes halogenated alkanes) is 2. The topological polar surface area (TPSA) is 103 Å². The van der Waals surface area contributed by atoms with Crippen molar-refractivity contribution < 1.29 is 9.90 Å². The molecule has 154 valence electrons. The maximum Gasteiger partial charge on any atom is 0.336 e. The number of aromatic nitrogens is 3. The SMILES string of the molecule is O=C(O)CCCCCn1c(=O)n(CC(Br)CBr)c(=O)n(CC(Br)CBr)c1=O. The Labute approximate surface area is 189 Å². The van der Waals surface area contributed by atoms with Crippen molar-refractivity contribution in [2.24, 2.45) is 0 Å². The predicted molar refractivity (Wildman–Crippen MR) is 118 cm³/mol. The van der Waals surface area contributed by atoms with Gasteiger partial charge in [-0.2, -0.15) is 0 Å². The summed E-state index contributed by atoms with van der Waals surface area (Å²) in [4.78, 5) is 48.4. The van der Waals surface area contributed by atoms with Crippen molar-refractivity contribution in [1.82, 2.24) is 13.7 Å².